The topological polar surface area (TPSA) is 24.9 Å². The number of nitrogens with zero attached hydrogens (tertiary/aromatic N) is 2. The molecule has 1 atom stereocenters. The minimum atomic E-state index is 0.693. The molecule has 0 spiro atoms. The number of ether oxygens (including phenoxy) is 2. The highest BCUT2D eigenvalue weighted by molar-refractivity contribution is 5.34. The van der Waals surface area contributed by atoms with Gasteiger partial charge in [0.25, 0.3) is 0 Å². The molecule has 1 aromatic carbocycles. The van der Waals surface area contributed by atoms with Crippen molar-refractivity contribution in [2.24, 2.45) is 5.92 Å². The van der Waals surface area contributed by atoms with Crippen LogP contribution in [0.5, 0.6) is 5.75 Å². The predicted octanol–water partition coefficient (Wildman–Crippen LogP) is 1.89. The van der Waals surface area contributed by atoms with Crippen molar-refractivity contribution in [2.45, 2.75) is 12.8 Å². The van der Waals surface area contributed by atoms with Gasteiger partial charge in [0.1, 0.15) is 5.75 Å². The Morgan fingerprint density at radius 2 is 2.00 bits per heavy atom. The quantitative estimate of drug-likeness (QED) is 0.829. The highest BCUT2D eigenvalue weighted by Crippen LogP contribution is 2.26. The van der Waals surface area contributed by atoms with E-state index in [2.05, 4.69) is 41.1 Å². The molecule has 1 fully saturated rings. The lowest BCUT2D eigenvalue weighted by atomic mass is 9.96. The number of morpholine rings is 1. The molecule has 0 bridgehead atoms. The molecule has 0 aliphatic carbocycles. The number of hydrogen-bond donors (Lipinski definition) is 0. The predicted molar refractivity (Wildman–Crippen MR) is 88.5 cm³/mol. The SMILES string of the molecule is CN(CCN1CCOCC1)C[C@H]1CCOc2ccccc2C1. The van der Waals surface area contributed by atoms with Gasteiger partial charge in [0.05, 0.1) is 19.8 Å². The Morgan fingerprint density at radius 3 is 2.86 bits per heavy atom. The Morgan fingerprint density at radius 1 is 1.18 bits per heavy atom. The second-order valence-electron chi connectivity index (χ2n) is 6.53. The molecule has 22 heavy (non-hydrogen) atoms. The zero-order chi connectivity index (χ0) is 15.2. The number of fused-ring (bicyclic) bond motifs is 1. The Balaban J connectivity index is 1.45. The largest absolute Gasteiger partial charge is 0.493 e. The Kier molecular flexibility index (Phi) is 5.70. The number of likely N-dealkylation sites (N-methyl/N-ethyl adjacent to an activating group) is 1. The molecule has 2 aliphatic heterocycles. The summed E-state index contributed by atoms with van der Waals surface area (Å²) in [6.45, 7) is 8.23. The van der Waals surface area contributed by atoms with Crippen LogP contribution in [-0.2, 0) is 11.2 Å². The van der Waals surface area contributed by atoms with E-state index in [-0.39, 0.29) is 0 Å². The van der Waals surface area contributed by atoms with Crippen LogP contribution in [0.4, 0.5) is 0 Å². The normalized spacial score (nSPS) is 22.9. The maximum Gasteiger partial charge on any atom is 0.122 e. The van der Waals surface area contributed by atoms with Crippen molar-refractivity contribution in [1.29, 1.82) is 0 Å². The summed E-state index contributed by atoms with van der Waals surface area (Å²) in [4.78, 5) is 4.99. The van der Waals surface area contributed by atoms with Crippen LogP contribution in [0.25, 0.3) is 0 Å². The van der Waals surface area contributed by atoms with Crippen molar-refractivity contribution in [2.75, 3.05) is 59.6 Å². The van der Waals surface area contributed by atoms with Gasteiger partial charge in [-0.1, -0.05) is 18.2 Å². The first-order valence-electron chi connectivity index (χ1n) is 8.50. The maximum atomic E-state index is 5.87. The van der Waals surface area contributed by atoms with Gasteiger partial charge in [0.15, 0.2) is 0 Å². The fraction of sp³-hybridized carbons (Fsp3) is 0.667. The monoisotopic (exact) mass is 304 g/mol. The van der Waals surface area contributed by atoms with Crippen molar-refractivity contribution < 1.29 is 9.47 Å². The lowest BCUT2D eigenvalue weighted by Crippen LogP contribution is -2.41. The Hall–Kier alpha value is -1.10. The van der Waals surface area contributed by atoms with E-state index in [1.54, 1.807) is 0 Å². The summed E-state index contributed by atoms with van der Waals surface area (Å²) in [5.41, 5.74) is 1.37. The summed E-state index contributed by atoms with van der Waals surface area (Å²) in [7, 11) is 2.25. The van der Waals surface area contributed by atoms with Crippen LogP contribution in [0, 0.1) is 5.92 Å². The number of benzene rings is 1. The average molecular weight is 304 g/mol. The van der Waals surface area contributed by atoms with Crippen molar-refractivity contribution >= 4 is 0 Å². The van der Waals surface area contributed by atoms with E-state index in [1.807, 2.05) is 0 Å². The summed E-state index contributed by atoms with van der Waals surface area (Å²) < 4.78 is 11.3. The molecular formula is C18H28N2O2. The molecule has 3 rings (SSSR count). The Labute approximate surface area is 134 Å². The molecule has 0 aromatic heterocycles. The maximum absolute atomic E-state index is 5.87. The van der Waals surface area contributed by atoms with E-state index in [1.165, 1.54) is 5.56 Å². The lowest BCUT2D eigenvalue weighted by Gasteiger charge is -2.29. The van der Waals surface area contributed by atoms with Gasteiger partial charge in [-0.05, 0) is 37.4 Å². The first-order valence-corrected chi connectivity index (χ1v) is 8.50. The smallest absolute Gasteiger partial charge is 0.122 e. The van der Waals surface area contributed by atoms with E-state index in [0.717, 1.165) is 71.1 Å². The molecule has 0 radical (unpaired) electrons. The first kappa shape index (κ1) is 15.8. The van der Waals surface area contributed by atoms with Gasteiger partial charge >= 0.3 is 0 Å². The number of hydrogen-bond acceptors (Lipinski definition) is 4. The van der Waals surface area contributed by atoms with E-state index in [9.17, 15) is 0 Å². The highest BCUT2D eigenvalue weighted by Gasteiger charge is 2.19. The lowest BCUT2D eigenvalue weighted by molar-refractivity contribution is 0.0338. The molecule has 0 unspecified atom stereocenters. The van der Waals surface area contributed by atoms with Crippen molar-refractivity contribution in [3.63, 3.8) is 0 Å². The summed E-state index contributed by atoms with van der Waals surface area (Å²) in [6.07, 6.45) is 2.29. The van der Waals surface area contributed by atoms with Crippen LogP contribution in [0.3, 0.4) is 0 Å². The molecular weight excluding hydrogens is 276 g/mol. The van der Waals surface area contributed by atoms with Gasteiger partial charge < -0.3 is 14.4 Å². The van der Waals surface area contributed by atoms with Gasteiger partial charge in [0, 0.05) is 32.7 Å². The summed E-state index contributed by atoms with van der Waals surface area (Å²) in [5, 5.41) is 0. The highest BCUT2D eigenvalue weighted by atomic mass is 16.5. The van der Waals surface area contributed by atoms with Crippen LogP contribution in [-0.4, -0.2) is 69.4 Å². The first-order chi connectivity index (χ1) is 10.8. The molecule has 2 heterocycles. The molecule has 0 N–H and O–H groups in total. The van der Waals surface area contributed by atoms with Crippen molar-refractivity contribution in [1.82, 2.24) is 9.80 Å². The third-order valence-corrected chi connectivity index (χ3v) is 4.74. The third-order valence-electron chi connectivity index (χ3n) is 4.74. The van der Waals surface area contributed by atoms with Crippen LogP contribution in [0.15, 0.2) is 24.3 Å². The van der Waals surface area contributed by atoms with E-state index < -0.39 is 0 Å². The molecule has 0 amide bonds. The fourth-order valence-electron chi connectivity index (χ4n) is 3.39. The zero-order valence-corrected chi connectivity index (χ0v) is 13.7. The average Bonchev–Trinajstić information content (AvgIpc) is 2.75. The van der Waals surface area contributed by atoms with Gasteiger partial charge in [-0.3, -0.25) is 4.90 Å². The second-order valence-corrected chi connectivity index (χ2v) is 6.53. The standard InChI is InChI=1S/C18H28N2O2/c1-19(7-8-20-9-12-21-13-10-20)15-16-6-11-22-18-5-3-2-4-17(18)14-16/h2-5,16H,6-15H2,1H3/t16-/m0/s1. The molecule has 4 nitrogen and oxygen atoms in total. The zero-order valence-electron chi connectivity index (χ0n) is 13.7. The van der Waals surface area contributed by atoms with E-state index >= 15 is 0 Å². The third kappa shape index (κ3) is 4.45. The van der Waals surface area contributed by atoms with Crippen LogP contribution >= 0.6 is 0 Å². The molecule has 2 aliphatic rings. The molecule has 122 valence electrons. The number of rotatable bonds is 5. The molecule has 0 saturated carbocycles. The summed E-state index contributed by atoms with van der Waals surface area (Å²) >= 11 is 0. The van der Waals surface area contributed by atoms with Crippen molar-refractivity contribution in [3.8, 4) is 5.75 Å². The second kappa shape index (κ2) is 7.95. The molecule has 4 heteroatoms. The van der Waals surface area contributed by atoms with Gasteiger partial charge in [-0.15, -0.1) is 0 Å². The number of para-hydroxylation sites is 1. The van der Waals surface area contributed by atoms with Gasteiger partial charge in [0.2, 0.25) is 0 Å². The van der Waals surface area contributed by atoms with Gasteiger partial charge in [-0.2, -0.15) is 0 Å². The van der Waals surface area contributed by atoms with E-state index in [0.29, 0.717) is 5.92 Å². The van der Waals surface area contributed by atoms with Crippen LogP contribution in [0.1, 0.15) is 12.0 Å². The van der Waals surface area contributed by atoms with Gasteiger partial charge in [-0.25, -0.2) is 0 Å². The summed E-state index contributed by atoms with van der Waals surface area (Å²) in [5.74, 6) is 1.78. The van der Waals surface area contributed by atoms with E-state index in [4.69, 9.17) is 9.47 Å². The fourth-order valence-corrected chi connectivity index (χ4v) is 3.39. The minimum absolute atomic E-state index is 0.693. The van der Waals surface area contributed by atoms with Crippen LogP contribution < -0.4 is 4.74 Å². The Bertz CT molecular complexity index is 460. The van der Waals surface area contributed by atoms with Crippen molar-refractivity contribution in [3.05, 3.63) is 29.8 Å². The molecule has 1 aromatic rings. The minimum Gasteiger partial charge on any atom is -0.493 e. The summed E-state index contributed by atoms with van der Waals surface area (Å²) in [6, 6.07) is 8.49. The molecule has 1 saturated heterocycles. The van der Waals surface area contributed by atoms with Crippen LogP contribution in [0.2, 0.25) is 0 Å².